The molecule has 2 rings (SSSR count). The molecule has 1 heterocycles. The molecule has 0 unspecified atom stereocenters. The van der Waals surface area contributed by atoms with Gasteiger partial charge in [0, 0.05) is 13.6 Å². The molecule has 1 aliphatic rings. The molecule has 5 nitrogen and oxygen atoms in total. The molecule has 0 aromatic carbocycles. The second kappa shape index (κ2) is 5.74. The number of aryl methyl sites for hydroxylation is 2. The van der Waals surface area contributed by atoms with Gasteiger partial charge in [-0.15, -0.1) is 0 Å². The number of carbonyl (C=O) groups excluding carboxylic acids is 1. The van der Waals surface area contributed by atoms with Crippen molar-refractivity contribution < 1.29 is 4.79 Å². The van der Waals surface area contributed by atoms with Crippen LogP contribution in [-0.4, -0.2) is 27.8 Å². The van der Waals surface area contributed by atoms with Crippen molar-refractivity contribution in [2.24, 2.45) is 12.8 Å². The topological polar surface area (TPSA) is 72.9 Å². The van der Waals surface area contributed by atoms with Crippen molar-refractivity contribution in [1.29, 1.82) is 0 Å². The third-order valence-electron chi connectivity index (χ3n) is 4.11. The molecular weight excluding hydrogens is 240 g/mol. The zero-order valence-electron chi connectivity index (χ0n) is 11.9. The van der Waals surface area contributed by atoms with E-state index >= 15 is 0 Å². The molecule has 0 atom stereocenters. The second-order valence-electron chi connectivity index (χ2n) is 5.50. The van der Waals surface area contributed by atoms with Gasteiger partial charge >= 0.3 is 0 Å². The van der Waals surface area contributed by atoms with Gasteiger partial charge in [-0.2, -0.15) is 5.10 Å². The van der Waals surface area contributed by atoms with E-state index in [2.05, 4.69) is 10.4 Å². The van der Waals surface area contributed by atoms with Crippen LogP contribution in [0.25, 0.3) is 0 Å². The molecular formula is C14H24N4O. The summed E-state index contributed by atoms with van der Waals surface area (Å²) in [6.07, 6.45) is 6.32. The van der Waals surface area contributed by atoms with Crippen molar-refractivity contribution in [2.75, 3.05) is 6.54 Å². The molecule has 1 fully saturated rings. The number of amides is 1. The summed E-state index contributed by atoms with van der Waals surface area (Å²) in [4.78, 5) is 12.4. The highest BCUT2D eigenvalue weighted by Crippen LogP contribution is 2.27. The Bertz CT molecular complexity index is 446. The number of nitrogens with one attached hydrogen (secondary N) is 1. The molecule has 106 valence electrons. The first-order valence-corrected chi connectivity index (χ1v) is 7.16. The van der Waals surface area contributed by atoms with E-state index in [0.717, 1.165) is 37.8 Å². The largest absolute Gasteiger partial charge is 0.344 e. The van der Waals surface area contributed by atoms with Crippen LogP contribution in [0.15, 0.2) is 6.07 Å². The van der Waals surface area contributed by atoms with Gasteiger partial charge in [-0.1, -0.05) is 26.2 Å². The van der Waals surface area contributed by atoms with E-state index in [0.29, 0.717) is 12.2 Å². The average molecular weight is 264 g/mol. The summed E-state index contributed by atoms with van der Waals surface area (Å²) in [5, 5.41) is 7.47. The Balaban J connectivity index is 2.12. The quantitative estimate of drug-likeness (QED) is 0.862. The van der Waals surface area contributed by atoms with Crippen LogP contribution in [0.4, 0.5) is 0 Å². The van der Waals surface area contributed by atoms with E-state index in [-0.39, 0.29) is 11.4 Å². The standard InChI is InChI=1S/C14H24N4O/c1-3-11-9-12(18(2)17-11)13(19)16-14(10-15)7-5-4-6-8-14/h9H,3-8,10,15H2,1-2H3,(H,16,19). The molecule has 0 saturated heterocycles. The fourth-order valence-corrected chi connectivity index (χ4v) is 2.83. The van der Waals surface area contributed by atoms with Crippen molar-refractivity contribution in [2.45, 2.75) is 51.0 Å². The van der Waals surface area contributed by atoms with Crippen LogP contribution in [0.3, 0.4) is 0 Å². The molecule has 0 bridgehead atoms. The van der Waals surface area contributed by atoms with Gasteiger partial charge in [-0.3, -0.25) is 9.48 Å². The molecule has 0 aliphatic heterocycles. The highest BCUT2D eigenvalue weighted by atomic mass is 16.2. The summed E-state index contributed by atoms with van der Waals surface area (Å²) in [6, 6.07) is 1.86. The van der Waals surface area contributed by atoms with Crippen LogP contribution in [0, 0.1) is 0 Å². The Morgan fingerprint density at radius 1 is 1.47 bits per heavy atom. The van der Waals surface area contributed by atoms with E-state index in [9.17, 15) is 4.79 Å². The number of nitrogens with zero attached hydrogens (tertiary/aromatic N) is 2. The molecule has 1 amide bonds. The van der Waals surface area contributed by atoms with Gasteiger partial charge in [0.25, 0.3) is 5.91 Å². The Labute approximate surface area is 114 Å². The molecule has 19 heavy (non-hydrogen) atoms. The number of aromatic nitrogens is 2. The van der Waals surface area contributed by atoms with E-state index in [1.807, 2.05) is 20.0 Å². The van der Waals surface area contributed by atoms with Crippen molar-refractivity contribution >= 4 is 5.91 Å². The molecule has 1 aromatic rings. The maximum Gasteiger partial charge on any atom is 0.270 e. The van der Waals surface area contributed by atoms with E-state index in [4.69, 9.17) is 5.73 Å². The molecule has 0 spiro atoms. The Hall–Kier alpha value is -1.36. The van der Waals surface area contributed by atoms with Crippen molar-refractivity contribution in [1.82, 2.24) is 15.1 Å². The average Bonchev–Trinajstić information content (AvgIpc) is 2.81. The first-order chi connectivity index (χ1) is 9.10. The SMILES string of the molecule is CCc1cc(C(=O)NC2(CN)CCCCC2)n(C)n1. The molecule has 0 radical (unpaired) electrons. The summed E-state index contributed by atoms with van der Waals surface area (Å²) in [7, 11) is 1.81. The number of hydrogen-bond donors (Lipinski definition) is 2. The fourth-order valence-electron chi connectivity index (χ4n) is 2.83. The van der Waals surface area contributed by atoms with Gasteiger partial charge in [0.1, 0.15) is 5.69 Å². The summed E-state index contributed by atoms with van der Waals surface area (Å²) in [5.74, 6) is -0.0537. The van der Waals surface area contributed by atoms with Gasteiger partial charge in [-0.05, 0) is 25.3 Å². The number of hydrogen-bond acceptors (Lipinski definition) is 3. The predicted molar refractivity (Wildman–Crippen MR) is 74.9 cm³/mol. The van der Waals surface area contributed by atoms with Gasteiger partial charge in [0.2, 0.25) is 0 Å². The van der Waals surface area contributed by atoms with Gasteiger partial charge in [-0.25, -0.2) is 0 Å². The molecule has 1 aliphatic carbocycles. The highest BCUT2D eigenvalue weighted by molar-refractivity contribution is 5.93. The fraction of sp³-hybridized carbons (Fsp3) is 0.714. The minimum Gasteiger partial charge on any atom is -0.344 e. The zero-order valence-corrected chi connectivity index (χ0v) is 11.9. The number of rotatable bonds is 4. The highest BCUT2D eigenvalue weighted by Gasteiger charge is 2.33. The van der Waals surface area contributed by atoms with Gasteiger partial charge < -0.3 is 11.1 Å². The molecule has 1 saturated carbocycles. The van der Waals surface area contributed by atoms with E-state index in [1.165, 1.54) is 6.42 Å². The van der Waals surface area contributed by atoms with E-state index in [1.54, 1.807) is 4.68 Å². The monoisotopic (exact) mass is 264 g/mol. The van der Waals surface area contributed by atoms with Gasteiger partial charge in [0.05, 0.1) is 11.2 Å². The molecule has 3 N–H and O–H groups in total. The Morgan fingerprint density at radius 3 is 2.68 bits per heavy atom. The lowest BCUT2D eigenvalue weighted by Gasteiger charge is -2.37. The smallest absolute Gasteiger partial charge is 0.270 e. The Morgan fingerprint density at radius 2 is 2.16 bits per heavy atom. The lowest BCUT2D eigenvalue weighted by Crippen LogP contribution is -2.55. The first kappa shape index (κ1) is 14.1. The number of nitrogens with two attached hydrogens (primary N) is 1. The number of carbonyl (C=O) groups is 1. The van der Waals surface area contributed by atoms with Crippen LogP contribution in [0.2, 0.25) is 0 Å². The Kier molecular flexibility index (Phi) is 4.24. The molecule has 1 aromatic heterocycles. The lowest BCUT2D eigenvalue weighted by molar-refractivity contribution is 0.0865. The van der Waals surface area contributed by atoms with Crippen molar-refractivity contribution in [3.05, 3.63) is 17.5 Å². The van der Waals surface area contributed by atoms with Crippen molar-refractivity contribution in [3.63, 3.8) is 0 Å². The summed E-state index contributed by atoms with van der Waals surface area (Å²) < 4.78 is 1.65. The van der Waals surface area contributed by atoms with E-state index < -0.39 is 0 Å². The maximum atomic E-state index is 12.4. The van der Waals surface area contributed by atoms with Crippen LogP contribution in [0.1, 0.15) is 55.2 Å². The first-order valence-electron chi connectivity index (χ1n) is 7.16. The summed E-state index contributed by atoms with van der Waals surface area (Å²) >= 11 is 0. The van der Waals surface area contributed by atoms with Crippen LogP contribution >= 0.6 is 0 Å². The van der Waals surface area contributed by atoms with Crippen LogP contribution in [0.5, 0.6) is 0 Å². The molecule has 5 heteroatoms. The lowest BCUT2D eigenvalue weighted by atomic mass is 9.81. The summed E-state index contributed by atoms with van der Waals surface area (Å²) in [6.45, 7) is 2.55. The third-order valence-corrected chi connectivity index (χ3v) is 4.11. The predicted octanol–water partition coefficient (Wildman–Crippen LogP) is 1.37. The zero-order chi connectivity index (χ0) is 13.9. The van der Waals surface area contributed by atoms with Crippen molar-refractivity contribution in [3.8, 4) is 0 Å². The second-order valence-corrected chi connectivity index (χ2v) is 5.50. The maximum absolute atomic E-state index is 12.4. The normalized spacial score (nSPS) is 18.3. The minimum absolute atomic E-state index is 0.0537. The summed E-state index contributed by atoms with van der Waals surface area (Å²) in [5.41, 5.74) is 7.24. The third kappa shape index (κ3) is 2.97. The van der Waals surface area contributed by atoms with Crippen LogP contribution < -0.4 is 11.1 Å². The van der Waals surface area contributed by atoms with Gasteiger partial charge in [0.15, 0.2) is 0 Å². The van der Waals surface area contributed by atoms with Crippen LogP contribution in [-0.2, 0) is 13.5 Å². The minimum atomic E-state index is -0.216.